The maximum Gasteiger partial charge on any atom is 0.315 e. The molecule has 0 amide bonds. The zero-order valence-corrected chi connectivity index (χ0v) is 10.5. The Morgan fingerprint density at radius 3 is 2.72 bits per heavy atom. The molecule has 0 radical (unpaired) electrons. The first-order valence-corrected chi connectivity index (χ1v) is 5.87. The molecule has 0 aromatic heterocycles. The third-order valence-electron chi connectivity index (χ3n) is 3.14. The number of ether oxygens (including phenoxy) is 1. The van der Waals surface area contributed by atoms with Crippen LogP contribution in [0.2, 0.25) is 0 Å². The van der Waals surface area contributed by atoms with Crippen LogP contribution in [0.25, 0.3) is 0 Å². The lowest BCUT2D eigenvalue weighted by Gasteiger charge is -2.25. The van der Waals surface area contributed by atoms with E-state index in [1.54, 1.807) is 25.2 Å². The number of nitro groups is 1. The highest BCUT2D eigenvalue weighted by molar-refractivity contribution is 5.76. The zero-order valence-electron chi connectivity index (χ0n) is 10.5. The summed E-state index contributed by atoms with van der Waals surface area (Å²) in [5, 5.41) is 17.3. The second-order valence-electron chi connectivity index (χ2n) is 4.70. The van der Waals surface area contributed by atoms with E-state index in [1.165, 1.54) is 0 Å². The number of nitrogens with zero attached hydrogens (tertiary/aromatic N) is 1. The molecule has 1 saturated heterocycles. The predicted octanol–water partition coefficient (Wildman–Crippen LogP) is 2.23. The van der Waals surface area contributed by atoms with Gasteiger partial charge in [-0.3, -0.25) is 10.1 Å². The molecule has 1 aromatic rings. The van der Waals surface area contributed by atoms with Crippen LogP contribution in [-0.4, -0.2) is 30.7 Å². The molecule has 1 unspecified atom stereocenters. The summed E-state index contributed by atoms with van der Waals surface area (Å²) in [5.74, 6) is 0. The van der Waals surface area contributed by atoms with Crippen molar-refractivity contribution in [3.05, 3.63) is 28.3 Å². The van der Waals surface area contributed by atoms with Gasteiger partial charge in [-0.1, -0.05) is 6.07 Å². The van der Waals surface area contributed by atoms with Crippen LogP contribution in [0.5, 0.6) is 0 Å². The normalized spacial score (nSPS) is 22.8. The molecule has 6 nitrogen and oxygen atoms in total. The lowest BCUT2D eigenvalue weighted by atomic mass is 10.0. The van der Waals surface area contributed by atoms with Gasteiger partial charge in [-0.15, -0.1) is 0 Å². The maximum absolute atomic E-state index is 11.2. The fourth-order valence-electron chi connectivity index (χ4n) is 2.13. The van der Waals surface area contributed by atoms with Crippen molar-refractivity contribution in [1.29, 1.82) is 0 Å². The lowest BCUT2D eigenvalue weighted by Crippen LogP contribution is -2.35. The average Bonchev–Trinajstić information content (AvgIpc) is 2.75. The van der Waals surface area contributed by atoms with Gasteiger partial charge in [0.25, 0.3) is 0 Å². The fraction of sp³-hybridized carbons (Fsp3) is 0.500. The van der Waals surface area contributed by atoms with Crippen molar-refractivity contribution in [3.8, 4) is 0 Å². The molecule has 1 aliphatic rings. The van der Waals surface area contributed by atoms with E-state index >= 15 is 0 Å². The second kappa shape index (κ2) is 4.81. The Bertz CT molecular complexity index is 456. The van der Waals surface area contributed by atoms with Gasteiger partial charge in [-0.05, 0) is 25.5 Å². The standard InChI is InChI=1S/C12H17N3O3/c1-12(6-7-18-8-12)14-10-5-3-4-9(13-2)11(10)15(16)17/h3-5,13-14H,6-8H2,1-2H3. The Morgan fingerprint density at radius 1 is 1.44 bits per heavy atom. The molecule has 18 heavy (non-hydrogen) atoms. The summed E-state index contributed by atoms with van der Waals surface area (Å²) in [4.78, 5) is 10.8. The van der Waals surface area contributed by atoms with Crippen molar-refractivity contribution in [2.75, 3.05) is 30.9 Å². The van der Waals surface area contributed by atoms with Gasteiger partial charge in [0.1, 0.15) is 11.4 Å². The largest absolute Gasteiger partial charge is 0.382 e. The minimum absolute atomic E-state index is 0.0770. The van der Waals surface area contributed by atoms with E-state index in [1.807, 2.05) is 6.92 Å². The summed E-state index contributed by atoms with van der Waals surface area (Å²) in [6.07, 6.45) is 0.841. The van der Waals surface area contributed by atoms with Crippen LogP contribution in [0, 0.1) is 10.1 Å². The number of hydrogen-bond donors (Lipinski definition) is 2. The number of anilines is 2. The molecule has 2 N–H and O–H groups in total. The van der Waals surface area contributed by atoms with Gasteiger partial charge in [0, 0.05) is 13.7 Å². The van der Waals surface area contributed by atoms with Crippen LogP contribution >= 0.6 is 0 Å². The van der Waals surface area contributed by atoms with Gasteiger partial charge >= 0.3 is 5.69 Å². The highest BCUT2D eigenvalue weighted by Gasteiger charge is 2.32. The number of para-hydroxylation sites is 1. The van der Waals surface area contributed by atoms with E-state index in [4.69, 9.17) is 4.74 Å². The first kappa shape index (κ1) is 12.6. The molecule has 0 bridgehead atoms. The second-order valence-corrected chi connectivity index (χ2v) is 4.70. The van der Waals surface area contributed by atoms with E-state index in [0.29, 0.717) is 24.6 Å². The molecule has 0 aliphatic carbocycles. The van der Waals surface area contributed by atoms with Crippen molar-refractivity contribution in [2.45, 2.75) is 18.9 Å². The van der Waals surface area contributed by atoms with E-state index in [-0.39, 0.29) is 16.1 Å². The van der Waals surface area contributed by atoms with Crippen LogP contribution < -0.4 is 10.6 Å². The SMILES string of the molecule is CNc1cccc(NC2(C)CCOC2)c1[N+](=O)[O-]. The summed E-state index contributed by atoms with van der Waals surface area (Å²) in [5.41, 5.74) is 0.873. The van der Waals surface area contributed by atoms with Gasteiger partial charge in [0.05, 0.1) is 17.1 Å². The Balaban J connectivity index is 2.35. The molecule has 1 atom stereocenters. The highest BCUT2D eigenvalue weighted by atomic mass is 16.6. The van der Waals surface area contributed by atoms with Crippen molar-refractivity contribution < 1.29 is 9.66 Å². The fourth-order valence-corrected chi connectivity index (χ4v) is 2.13. The average molecular weight is 251 g/mol. The first-order valence-electron chi connectivity index (χ1n) is 5.87. The van der Waals surface area contributed by atoms with Crippen LogP contribution in [0.1, 0.15) is 13.3 Å². The third-order valence-corrected chi connectivity index (χ3v) is 3.14. The van der Waals surface area contributed by atoms with Crippen molar-refractivity contribution in [2.24, 2.45) is 0 Å². The van der Waals surface area contributed by atoms with Crippen LogP contribution in [-0.2, 0) is 4.74 Å². The highest BCUT2D eigenvalue weighted by Crippen LogP contribution is 2.35. The van der Waals surface area contributed by atoms with Gasteiger partial charge in [0.15, 0.2) is 0 Å². The number of benzene rings is 1. The quantitative estimate of drug-likeness (QED) is 0.634. The summed E-state index contributed by atoms with van der Waals surface area (Å²) < 4.78 is 5.34. The molecule has 1 aromatic carbocycles. The van der Waals surface area contributed by atoms with Crippen molar-refractivity contribution in [3.63, 3.8) is 0 Å². The summed E-state index contributed by atoms with van der Waals surface area (Å²) in [6.45, 7) is 3.26. The molecule has 0 spiro atoms. The van der Waals surface area contributed by atoms with Gasteiger partial charge < -0.3 is 15.4 Å². The summed E-state index contributed by atoms with van der Waals surface area (Å²) in [7, 11) is 1.67. The monoisotopic (exact) mass is 251 g/mol. The van der Waals surface area contributed by atoms with Gasteiger partial charge in [-0.2, -0.15) is 0 Å². The summed E-state index contributed by atoms with van der Waals surface area (Å²) in [6, 6.07) is 5.21. The minimum atomic E-state index is -0.368. The predicted molar refractivity (Wildman–Crippen MR) is 70.1 cm³/mol. The van der Waals surface area contributed by atoms with Crippen LogP contribution in [0.3, 0.4) is 0 Å². The molecule has 1 fully saturated rings. The molecular weight excluding hydrogens is 234 g/mol. The van der Waals surface area contributed by atoms with E-state index in [9.17, 15) is 10.1 Å². The van der Waals surface area contributed by atoms with Gasteiger partial charge in [-0.25, -0.2) is 0 Å². The van der Waals surface area contributed by atoms with E-state index in [2.05, 4.69) is 10.6 Å². The zero-order chi connectivity index (χ0) is 13.2. The van der Waals surface area contributed by atoms with Crippen LogP contribution in [0.4, 0.5) is 17.1 Å². The van der Waals surface area contributed by atoms with Gasteiger partial charge in [0.2, 0.25) is 0 Å². The van der Waals surface area contributed by atoms with Crippen LogP contribution in [0.15, 0.2) is 18.2 Å². The Morgan fingerprint density at radius 2 is 2.17 bits per heavy atom. The molecule has 1 heterocycles. The smallest absolute Gasteiger partial charge is 0.315 e. The minimum Gasteiger partial charge on any atom is -0.382 e. The Kier molecular flexibility index (Phi) is 3.38. The Labute approximate surface area is 105 Å². The molecule has 98 valence electrons. The number of rotatable bonds is 4. The molecule has 2 rings (SSSR count). The topological polar surface area (TPSA) is 76.4 Å². The molecule has 6 heteroatoms. The first-order chi connectivity index (χ1) is 8.56. The maximum atomic E-state index is 11.2. The van der Waals surface area contributed by atoms with E-state index < -0.39 is 0 Å². The molecule has 1 aliphatic heterocycles. The number of nitro benzene ring substituents is 1. The summed E-state index contributed by atoms with van der Waals surface area (Å²) >= 11 is 0. The molecule has 0 saturated carbocycles. The van der Waals surface area contributed by atoms with Crippen molar-refractivity contribution >= 4 is 17.1 Å². The number of hydrogen-bond acceptors (Lipinski definition) is 5. The van der Waals surface area contributed by atoms with Crippen molar-refractivity contribution in [1.82, 2.24) is 0 Å². The Hall–Kier alpha value is -1.82. The number of nitrogens with one attached hydrogen (secondary N) is 2. The third kappa shape index (κ3) is 2.38. The lowest BCUT2D eigenvalue weighted by molar-refractivity contribution is -0.383. The molecular formula is C12H17N3O3. The van der Waals surface area contributed by atoms with E-state index in [0.717, 1.165) is 6.42 Å².